The highest BCUT2D eigenvalue weighted by atomic mass is 79.9. The summed E-state index contributed by atoms with van der Waals surface area (Å²) in [6.07, 6.45) is 4.35. The van der Waals surface area contributed by atoms with Crippen molar-refractivity contribution in [1.82, 2.24) is 19.2 Å². The average molecular weight is 446 g/mol. The van der Waals surface area contributed by atoms with E-state index in [1.54, 1.807) is 17.0 Å². The van der Waals surface area contributed by atoms with E-state index in [2.05, 4.69) is 25.9 Å². The molecule has 0 spiro atoms. The quantitative estimate of drug-likeness (QED) is 0.675. The summed E-state index contributed by atoms with van der Waals surface area (Å²) >= 11 is 9.26. The molecule has 0 atom stereocenters. The number of sulfonamides is 1. The maximum Gasteiger partial charge on any atom is 0.257 e. The van der Waals surface area contributed by atoms with Crippen LogP contribution in [0.25, 0.3) is 0 Å². The van der Waals surface area contributed by atoms with E-state index in [9.17, 15) is 13.2 Å². The first-order chi connectivity index (χ1) is 11.9. The Balaban J connectivity index is 1.72. The molecular weight excluding hydrogens is 432 g/mol. The number of pyridine rings is 2. The number of carbonyl (C=O) groups is 1. The summed E-state index contributed by atoms with van der Waals surface area (Å²) in [6, 6.07) is 4.69. The maximum atomic E-state index is 12.6. The molecule has 0 aliphatic carbocycles. The third-order valence-electron chi connectivity index (χ3n) is 3.83. The number of nitrogens with zero attached hydrogens (tertiary/aromatic N) is 4. The van der Waals surface area contributed by atoms with Gasteiger partial charge in [-0.15, -0.1) is 0 Å². The predicted molar refractivity (Wildman–Crippen MR) is 95.8 cm³/mol. The molecule has 3 heterocycles. The number of carbonyl (C=O) groups excluding carboxylic acids is 1. The molecule has 10 heteroatoms. The molecule has 2 aromatic rings. The van der Waals surface area contributed by atoms with E-state index in [4.69, 9.17) is 11.6 Å². The molecule has 1 fully saturated rings. The fourth-order valence-corrected chi connectivity index (χ4v) is 4.43. The van der Waals surface area contributed by atoms with Gasteiger partial charge in [0.2, 0.25) is 10.0 Å². The highest BCUT2D eigenvalue weighted by molar-refractivity contribution is 9.10. The minimum absolute atomic E-state index is 0.124. The van der Waals surface area contributed by atoms with E-state index in [1.165, 1.54) is 29.0 Å². The third kappa shape index (κ3) is 3.84. The smallest absolute Gasteiger partial charge is 0.257 e. The van der Waals surface area contributed by atoms with Crippen LogP contribution in [-0.4, -0.2) is 59.7 Å². The van der Waals surface area contributed by atoms with E-state index >= 15 is 0 Å². The highest BCUT2D eigenvalue weighted by Crippen LogP contribution is 2.22. The first-order valence-corrected chi connectivity index (χ1v) is 10.0. The van der Waals surface area contributed by atoms with Crippen molar-refractivity contribution < 1.29 is 13.2 Å². The van der Waals surface area contributed by atoms with Crippen molar-refractivity contribution in [3.63, 3.8) is 0 Å². The van der Waals surface area contributed by atoms with E-state index in [0.29, 0.717) is 10.0 Å². The zero-order valence-electron chi connectivity index (χ0n) is 13.0. The second-order valence-electron chi connectivity index (χ2n) is 5.38. The Labute approximate surface area is 158 Å². The van der Waals surface area contributed by atoms with Gasteiger partial charge in [0.05, 0.1) is 5.56 Å². The van der Waals surface area contributed by atoms with Crippen LogP contribution in [0, 0.1) is 0 Å². The number of hydrogen-bond donors (Lipinski definition) is 0. The molecule has 1 aliphatic rings. The van der Waals surface area contributed by atoms with E-state index in [-0.39, 0.29) is 42.1 Å². The van der Waals surface area contributed by atoms with Gasteiger partial charge in [0.1, 0.15) is 10.0 Å². The van der Waals surface area contributed by atoms with Crippen LogP contribution in [0.15, 0.2) is 46.2 Å². The monoisotopic (exact) mass is 444 g/mol. The SMILES string of the molecule is O=C(c1cc(Br)cnc1Cl)N1CCN(S(=O)(=O)c2cccnc2)CC1. The maximum absolute atomic E-state index is 12.6. The summed E-state index contributed by atoms with van der Waals surface area (Å²) in [4.78, 5) is 22.1. The Morgan fingerprint density at radius 3 is 2.56 bits per heavy atom. The van der Waals surface area contributed by atoms with Crippen molar-refractivity contribution in [2.45, 2.75) is 4.90 Å². The van der Waals surface area contributed by atoms with E-state index < -0.39 is 10.0 Å². The molecule has 0 bridgehead atoms. The molecule has 0 saturated carbocycles. The second kappa shape index (κ2) is 7.36. The van der Waals surface area contributed by atoms with Crippen molar-refractivity contribution in [1.29, 1.82) is 0 Å². The Bertz CT molecular complexity index is 887. The lowest BCUT2D eigenvalue weighted by Crippen LogP contribution is -2.50. The van der Waals surface area contributed by atoms with Crippen LogP contribution in [0.3, 0.4) is 0 Å². The first kappa shape index (κ1) is 18.2. The zero-order chi connectivity index (χ0) is 18.0. The summed E-state index contributed by atoms with van der Waals surface area (Å²) in [5, 5.41) is 0.124. The van der Waals surface area contributed by atoms with Gasteiger partial charge in [0, 0.05) is 49.2 Å². The molecule has 1 amide bonds. The lowest BCUT2D eigenvalue weighted by Gasteiger charge is -2.34. The molecule has 2 aromatic heterocycles. The van der Waals surface area contributed by atoms with Crippen molar-refractivity contribution in [2.24, 2.45) is 0 Å². The summed E-state index contributed by atoms with van der Waals surface area (Å²) in [6.45, 7) is 0.979. The van der Waals surface area contributed by atoms with Crippen molar-refractivity contribution >= 4 is 43.5 Å². The Hall–Kier alpha value is -1.55. The minimum Gasteiger partial charge on any atom is -0.336 e. The topological polar surface area (TPSA) is 83.5 Å². The van der Waals surface area contributed by atoms with Gasteiger partial charge in [-0.1, -0.05) is 11.6 Å². The zero-order valence-corrected chi connectivity index (χ0v) is 16.1. The Kier molecular flexibility index (Phi) is 5.38. The van der Waals surface area contributed by atoms with Crippen LogP contribution < -0.4 is 0 Å². The van der Waals surface area contributed by atoms with Gasteiger partial charge in [0.15, 0.2) is 0 Å². The van der Waals surface area contributed by atoms with Crippen LogP contribution in [0.5, 0.6) is 0 Å². The lowest BCUT2D eigenvalue weighted by molar-refractivity contribution is 0.0697. The van der Waals surface area contributed by atoms with E-state index in [1.807, 2.05) is 0 Å². The number of amides is 1. The van der Waals surface area contributed by atoms with Gasteiger partial charge in [-0.2, -0.15) is 4.31 Å². The molecule has 7 nitrogen and oxygen atoms in total. The molecule has 132 valence electrons. The fraction of sp³-hybridized carbons (Fsp3) is 0.267. The van der Waals surface area contributed by atoms with Gasteiger partial charge in [-0.3, -0.25) is 9.78 Å². The molecular formula is C15H14BrClN4O3S. The van der Waals surface area contributed by atoms with Gasteiger partial charge < -0.3 is 4.90 Å². The summed E-state index contributed by atoms with van der Waals surface area (Å²) in [5.41, 5.74) is 0.291. The van der Waals surface area contributed by atoms with Gasteiger partial charge in [-0.05, 0) is 34.1 Å². The van der Waals surface area contributed by atoms with Gasteiger partial charge in [0.25, 0.3) is 5.91 Å². The molecule has 3 rings (SSSR count). The normalized spacial score (nSPS) is 16.0. The van der Waals surface area contributed by atoms with Crippen molar-refractivity contribution in [3.8, 4) is 0 Å². The molecule has 1 saturated heterocycles. The fourth-order valence-electron chi connectivity index (χ4n) is 2.52. The standard InChI is InChI=1S/C15H14BrClN4O3S/c16-11-8-13(14(17)19-9-11)15(22)20-4-6-21(7-5-20)25(23,24)12-2-1-3-18-10-12/h1-3,8-10H,4-7H2. The largest absolute Gasteiger partial charge is 0.336 e. The van der Waals surface area contributed by atoms with Crippen LogP contribution in [0.1, 0.15) is 10.4 Å². The number of halogens is 2. The van der Waals surface area contributed by atoms with Crippen LogP contribution in [0.2, 0.25) is 5.15 Å². The van der Waals surface area contributed by atoms with Crippen LogP contribution >= 0.6 is 27.5 Å². The minimum atomic E-state index is -3.60. The second-order valence-corrected chi connectivity index (χ2v) is 8.59. The number of rotatable bonds is 3. The summed E-state index contributed by atoms with van der Waals surface area (Å²) in [7, 11) is -3.60. The van der Waals surface area contributed by atoms with Crippen molar-refractivity contribution in [2.75, 3.05) is 26.2 Å². The molecule has 0 unspecified atom stereocenters. The van der Waals surface area contributed by atoms with Gasteiger partial charge in [-0.25, -0.2) is 13.4 Å². The highest BCUT2D eigenvalue weighted by Gasteiger charge is 2.31. The number of piperazine rings is 1. The average Bonchev–Trinajstić information content (AvgIpc) is 2.64. The van der Waals surface area contributed by atoms with Gasteiger partial charge >= 0.3 is 0 Å². The lowest BCUT2D eigenvalue weighted by atomic mass is 10.2. The van der Waals surface area contributed by atoms with Crippen molar-refractivity contribution in [3.05, 3.63) is 52.0 Å². The Morgan fingerprint density at radius 2 is 1.92 bits per heavy atom. The summed E-state index contributed by atoms with van der Waals surface area (Å²) < 4.78 is 27.2. The third-order valence-corrected chi connectivity index (χ3v) is 6.45. The van der Waals surface area contributed by atoms with Crippen LogP contribution in [0.4, 0.5) is 0 Å². The van der Waals surface area contributed by atoms with Crippen LogP contribution in [-0.2, 0) is 10.0 Å². The molecule has 1 aliphatic heterocycles. The number of hydrogen-bond acceptors (Lipinski definition) is 5. The predicted octanol–water partition coefficient (Wildman–Crippen LogP) is 2.04. The molecule has 25 heavy (non-hydrogen) atoms. The van der Waals surface area contributed by atoms with E-state index in [0.717, 1.165) is 0 Å². The Morgan fingerprint density at radius 1 is 1.20 bits per heavy atom. The summed E-state index contributed by atoms with van der Waals surface area (Å²) in [5.74, 6) is -0.266. The molecule has 0 radical (unpaired) electrons. The molecule has 0 N–H and O–H groups in total. The number of aromatic nitrogens is 2. The molecule has 0 aromatic carbocycles. The first-order valence-electron chi connectivity index (χ1n) is 7.40.